The highest BCUT2D eigenvalue weighted by atomic mass is 32.2. The number of carbonyl (C=O) groups excluding carboxylic acids is 2. The Hall–Kier alpha value is -1.82. The summed E-state index contributed by atoms with van der Waals surface area (Å²) in [4.78, 5) is 27.9. The fraction of sp³-hybridized carbons (Fsp3) is 0.500. The van der Waals surface area contributed by atoms with Crippen LogP contribution in [0.5, 0.6) is 0 Å². The molecule has 2 rings (SSSR count). The summed E-state index contributed by atoms with van der Waals surface area (Å²) in [7, 11) is 0. The zero-order valence-corrected chi connectivity index (χ0v) is 14.9. The van der Waals surface area contributed by atoms with Crippen LogP contribution in [0, 0.1) is 0 Å². The van der Waals surface area contributed by atoms with Crippen LogP contribution in [-0.4, -0.2) is 34.3 Å². The van der Waals surface area contributed by atoms with Crippen molar-refractivity contribution in [3.63, 3.8) is 0 Å². The van der Waals surface area contributed by atoms with Crippen LogP contribution < -0.4 is 10.6 Å². The summed E-state index contributed by atoms with van der Waals surface area (Å²) in [5, 5.41) is 5.42. The number of rotatable bonds is 8. The second-order valence-electron chi connectivity index (χ2n) is 5.87. The lowest BCUT2D eigenvalue weighted by Crippen LogP contribution is -2.32. The first-order chi connectivity index (χ1) is 11.6. The summed E-state index contributed by atoms with van der Waals surface area (Å²) >= 11 is 1.33. The van der Waals surface area contributed by atoms with Crippen LogP contribution in [0.1, 0.15) is 39.0 Å². The van der Waals surface area contributed by atoms with Gasteiger partial charge in [0.25, 0.3) is 0 Å². The van der Waals surface area contributed by atoms with Gasteiger partial charge in [0.2, 0.25) is 11.8 Å². The number of thioether (sulfide) groups is 1. The van der Waals surface area contributed by atoms with Crippen LogP contribution in [-0.2, 0) is 9.59 Å². The molecular weight excluding hydrogens is 322 g/mol. The van der Waals surface area contributed by atoms with Crippen molar-refractivity contribution in [1.82, 2.24) is 10.3 Å². The molecule has 0 radical (unpaired) electrons. The SMILES string of the molecule is C[C@H](SCC(=O)Nc1ccccn1)C(=O)NCCC1=CCCCC1. The Morgan fingerprint density at radius 1 is 1.33 bits per heavy atom. The summed E-state index contributed by atoms with van der Waals surface area (Å²) in [6.45, 7) is 2.50. The number of aromatic nitrogens is 1. The molecule has 2 amide bonds. The van der Waals surface area contributed by atoms with Crippen LogP contribution in [0.15, 0.2) is 36.0 Å². The van der Waals surface area contributed by atoms with E-state index in [0.29, 0.717) is 12.4 Å². The molecule has 1 aliphatic carbocycles. The maximum atomic E-state index is 12.1. The first-order valence-corrected chi connectivity index (χ1v) is 9.48. The number of hydrogen-bond acceptors (Lipinski definition) is 4. The molecule has 0 aliphatic heterocycles. The van der Waals surface area contributed by atoms with Gasteiger partial charge in [0.15, 0.2) is 0 Å². The third kappa shape index (κ3) is 6.74. The highest BCUT2D eigenvalue weighted by molar-refractivity contribution is 8.01. The first-order valence-electron chi connectivity index (χ1n) is 8.43. The van der Waals surface area contributed by atoms with Gasteiger partial charge in [0.05, 0.1) is 11.0 Å². The van der Waals surface area contributed by atoms with E-state index < -0.39 is 0 Å². The summed E-state index contributed by atoms with van der Waals surface area (Å²) in [6, 6.07) is 5.34. The van der Waals surface area contributed by atoms with Gasteiger partial charge in [0, 0.05) is 12.7 Å². The molecule has 0 saturated heterocycles. The fourth-order valence-corrected chi connectivity index (χ4v) is 3.22. The Morgan fingerprint density at radius 3 is 2.92 bits per heavy atom. The molecule has 0 unspecified atom stereocenters. The average Bonchev–Trinajstić information content (AvgIpc) is 2.61. The Morgan fingerprint density at radius 2 is 2.21 bits per heavy atom. The summed E-state index contributed by atoms with van der Waals surface area (Å²) in [5.41, 5.74) is 1.46. The molecule has 1 heterocycles. The van der Waals surface area contributed by atoms with E-state index in [2.05, 4.69) is 21.7 Å². The van der Waals surface area contributed by atoms with Crippen molar-refractivity contribution in [2.75, 3.05) is 17.6 Å². The van der Waals surface area contributed by atoms with Crippen molar-refractivity contribution < 1.29 is 9.59 Å². The minimum absolute atomic E-state index is 0.0120. The molecule has 130 valence electrons. The van der Waals surface area contributed by atoms with Crippen LogP contribution in [0.4, 0.5) is 5.82 Å². The molecule has 24 heavy (non-hydrogen) atoms. The maximum Gasteiger partial charge on any atom is 0.235 e. The van der Waals surface area contributed by atoms with E-state index in [1.807, 2.05) is 13.0 Å². The molecule has 5 nitrogen and oxygen atoms in total. The van der Waals surface area contributed by atoms with Gasteiger partial charge in [-0.05, 0) is 51.2 Å². The predicted octanol–water partition coefficient (Wildman–Crippen LogP) is 3.15. The molecule has 1 aromatic heterocycles. The van der Waals surface area contributed by atoms with Crippen molar-refractivity contribution in [3.05, 3.63) is 36.0 Å². The maximum absolute atomic E-state index is 12.1. The van der Waals surface area contributed by atoms with Crippen molar-refractivity contribution in [2.45, 2.75) is 44.3 Å². The fourth-order valence-electron chi connectivity index (χ4n) is 2.51. The molecule has 6 heteroatoms. The summed E-state index contributed by atoms with van der Waals surface area (Å²) in [6.07, 6.45) is 9.73. The van der Waals surface area contributed by atoms with Crippen LogP contribution >= 0.6 is 11.8 Å². The highest BCUT2D eigenvalue weighted by Gasteiger charge is 2.15. The minimum Gasteiger partial charge on any atom is -0.355 e. The van der Waals surface area contributed by atoms with Gasteiger partial charge in [-0.2, -0.15) is 0 Å². The number of amides is 2. The largest absolute Gasteiger partial charge is 0.355 e. The van der Waals surface area contributed by atoms with E-state index in [9.17, 15) is 9.59 Å². The Balaban J connectivity index is 1.62. The van der Waals surface area contributed by atoms with Crippen LogP contribution in [0.2, 0.25) is 0 Å². The minimum atomic E-state index is -0.250. The normalized spacial score (nSPS) is 15.3. The summed E-state index contributed by atoms with van der Waals surface area (Å²) < 4.78 is 0. The first kappa shape index (κ1) is 18.5. The molecule has 1 atom stereocenters. The number of anilines is 1. The molecule has 1 aliphatic rings. The summed E-state index contributed by atoms with van der Waals surface area (Å²) in [5.74, 6) is 0.602. The number of hydrogen-bond donors (Lipinski definition) is 2. The van der Waals surface area contributed by atoms with Gasteiger partial charge in [-0.25, -0.2) is 4.98 Å². The van der Waals surface area contributed by atoms with Crippen molar-refractivity contribution >= 4 is 29.4 Å². The second kappa shape index (κ2) is 10.1. The van der Waals surface area contributed by atoms with Gasteiger partial charge in [0.1, 0.15) is 5.82 Å². The zero-order valence-electron chi connectivity index (χ0n) is 14.1. The quantitative estimate of drug-likeness (QED) is 0.709. The Kier molecular flexibility index (Phi) is 7.82. The van der Waals surface area contributed by atoms with Crippen LogP contribution in [0.3, 0.4) is 0 Å². The molecule has 0 aromatic carbocycles. The number of pyridine rings is 1. The standard InChI is InChI=1S/C18H25N3O2S/c1-14(18(23)20-12-10-15-7-3-2-4-8-15)24-13-17(22)21-16-9-5-6-11-19-16/h5-7,9,11,14H,2-4,8,10,12-13H2,1H3,(H,20,23)(H,19,21,22)/t14-/m0/s1. The molecule has 0 fully saturated rings. The highest BCUT2D eigenvalue weighted by Crippen LogP contribution is 2.19. The van der Waals surface area contributed by atoms with Gasteiger partial charge >= 0.3 is 0 Å². The molecule has 1 aromatic rings. The average molecular weight is 347 g/mol. The second-order valence-corrected chi connectivity index (χ2v) is 7.19. The van der Waals surface area contributed by atoms with E-state index in [1.54, 1.807) is 18.3 Å². The smallest absolute Gasteiger partial charge is 0.235 e. The van der Waals surface area contributed by atoms with Gasteiger partial charge in [-0.15, -0.1) is 11.8 Å². The predicted molar refractivity (Wildman–Crippen MR) is 99.0 cm³/mol. The number of allylic oxidation sites excluding steroid dienone is 1. The van der Waals surface area contributed by atoms with E-state index in [0.717, 1.165) is 12.8 Å². The van der Waals surface area contributed by atoms with Gasteiger partial charge in [-0.1, -0.05) is 17.7 Å². The lowest BCUT2D eigenvalue weighted by molar-refractivity contribution is -0.120. The van der Waals surface area contributed by atoms with Gasteiger partial charge < -0.3 is 10.6 Å². The number of nitrogens with one attached hydrogen (secondary N) is 2. The molecular formula is C18H25N3O2S. The lowest BCUT2D eigenvalue weighted by atomic mass is 9.97. The van der Waals surface area contributed by atoms with E-state index in [1.165, 1.54) is 36.6 Å². The van der Waals surface area contributed by atoms with Gasteiger partial charge in [-0.3, -0.25) is 9.59 Å². The van der Waals surface area contributed by atoms with E-state index in [4.69, 9.17) is 0 Å². The van der Waals surface area contributed by atoms with E-state index >= 15 is 0 Å². The number of nitrogens with zero attached hydrogens (tertiary/aromatic N) is 1. The third-order valence-corrected chi connectivity index (χ3v) is 5.04. The topological polar surface area (TPSA) is 71.1 Å². The van der Waals surface area contributed by atoms with Crippen molar-refractivity contribution in [3.8, 4) is 0 Å². The van der Waals surface area contributed by atoms with Crippen molar-refractivity contribution in [1.29, 1.82) is 0 Å². The Labute approximate surface area is 147 Å². The molecule has 0 saturated carbocycles. The zero-order chi connectivity index (χ0) is 17.2. The molecule has 0 bridgehead atoms. The lowest BCUT2D eigenvalue weighted by Gasteiger charge is -2.15. The van der Waals surface area contributed by atoms with E-state index in [-0.39, 0.29) is 22.8 Å². The molecule has 0 spiro atoms. The monoisotopic (exact) mass is 347 g/mol. The third-order valence-electron chi connectivity index (χ3n) is 3.90. The van der Waals surface area contributed by atoms with Crippen LogP contribution in [0.25, 0.3) is 0 Å². The number of carbonyl (C=O) groups is 2. The van der Waals surface area contributed by atoms with Crippen molar-refractivity contribution in [2.24, 2.45) is 0 Å². The Bertz CT molecular complexity index is 575. The molecule has 2 N–H and O–H groups in total.